The Morgan fingerprint density at radius 1 is 1.41 bits per heavy atom. The number of benzene rings is 1. The highest BCUT2D eigenvalue weighted by molar-refractivity contribution is 9.10. The van der Waals surface area contributed by atoms with Gasteiger partial charge < -0.3 is 5.73 Å². The number of nitrogens with zero attached hydrogens (tertiary/aromatic N) is 2. The first kappa shape index (κ1) is 10.7. The molecule has 3 rings (SSSR count). The van der Waals surface area contributed by atoms with Gasteiger partial charge in [-0.15, -0.1) is 0 Å². The molecule has 1 aromatic carbocycles. The van der Waals surface area contributed by atoms with E-state index in [1.165, 1.54) is 10.9 Å². The molecule has 0 spiro atoms. The van der Waals surface area contributed by atoms with Crippen molar-refractivity contribution in [2.75, 3.05) is 0 Å². The van der Waals surface area contributed by atoms with E-state index in [0.29, 0.717) is 6.54 Å². The number of pyridine rings is 1. The minimum Gasteiger partial charge on any atom is -0.325 e. The molecule has 86 valence electrons. The molecule has 0 unspecified atom stereocenters. The van der Waals surface area contributed by atoms with E-state index < -0.39 is 0 Å². The summed E-state index contributed by atoms with van der Waals surface area (Å²) in [5.41, 5.74) is 9.88. The molecule has 0 radical (unpaired) electrons. The summed E-state index contributed by atoms with van der Waals surface area (Å²) < 4.78 is 3.17. The maximum atomic E-state index is 5.65. The summed E-state index contributed by atoms with van der Waals surface area (Å²) >= 11 is 3.60. The molecule has 0 bridgehead atoms. The summed E-state index contributed by atoms with van der Waals surface area (Å²) in [5.74, 6) is 0. The van der Waals surface area contributed by atoms with E-state index in [-0.39, 0.29) is 0 Å². The van der Waals surface area contributed by atoms with Crippen molar-refractivity contribution in [1.29, 1.82) is 0 Å². The third-order valence-electron chi connectivity index (χ3n) is 2.99. The van der Waals surface area contributed by atoms with Crippen molar-refractivity contribution in [2.24, 2.45) is 5.73 Å². The van der Waals surface area contributed by atoms with Gasteiger partial charge in [-0.25, -0.2) is 4.98 Å². The van der Waals surface area contributed by atoms with Crippen LogP contribution in [0.5, 0.6) is 0 Å². The number of aromatic nitrogens is 2. The molecule has 3 nitrogen and oxygen atoms in total. The molecule has 0 aliphatic rings. The van der Waals surface area contributed by atoms with Crippen LogP contribution in [0.4, 0.5) is 0 Å². The molecule has 0 saturated carbocycles. The maximum Gasteiger partial charge on any atom is 0.137 e. The Morgan fingerprint density at radius 3 is 3.00 bits per heavy atom. The van der Waals surface area contributed by atoms with E-state index in [0.717, 1.165) is 21.3 Å². The number of aryl methyl sites for hydroxylation is 1. The number of nitrogens with two attached hydrogens (primary N) is 1. The fraction of sp³-hybridized carbons (Fsp3) is 0.154. The van der Waals surface area contributed by atoms with Crippen LogP contribution in [0.25, 0.3) is 16.6 Å². The second-order valence-corrected chi connectivity index (χ2v) is 4.98. The van der Waals surface area contributed by atoms with Crippen LogP contribution < -0.4 is 5.73 Å². The average molecular weight is 290 g/mol. The Labute approximate surface area is 107 Å². The van der Waals surface area contributed by atoms with Crippen molar-refractivity contribution in [2.45, 2.75) is 13.5 Å². The molecular weight excluding hydrogens is 278 g/mol. The van der Waals surface area contributed by atoms with Crippen molar-refractivity contribution in [3.63, 3.8) is 0 Å². The van der Waals surface area contributed by atoms with Crippen LogP contribution in [0, 0.1) is 6.92 Å². The molecule has 17 heavy (non-hydrogen) atoms. The minimum atomic E-state index is 0.465. The number of hydrogen-bond donors (Lipinski definition) is 1. The highest BCUT2D eigenvalue weighted by Gasteiger charge is 2.09. The van der Waals surface area contributed by atoms with E-state index in [9.17, 15) is 0 Å². The monoisotopic (exact) mass is 289 g/mol. The zero-order valence-electron chi connectivity index (χ0n) is 9.44. The van der Waals surface area contributed by atoms with E-state index in [1.54, 1.807) is 0 Å². The lowest BCUT2D eigenvalue weighted by Crippen LogP contribution is -1.95. The zero-order valence-corrected chi connectivity index (χ0v) is 11.0. The maximum absolute atomic E-state index is 5.65. The number of fused-ring (bicyclic) bond motifs is 3. The lowest BCUT2D eigenvalue weighted by molar-refractivity contribution is 1.02. The van der Waals surface area contributed by atoms with Gasteiger partial charge in [0.15, 0.2) is 0 Å². The fourth-order valence-electron chi connectivity index (χ4n) is 2.17. The molecule has 0 aliphatic carbocycles. The molecule has 0 amide bonds. The highest BCUT2D eigenvalue weighted by atomic mass is 79.9. The fourth-order valence-corrected chi connectivity index (χ4v) is 2.73. The first-order valence-electron chi connectivity index (χ1n) is 5.46. The highest BCUT2D eigenvalue weighted by Crippen LogP contribution is 2.27. The standard InChI is InChI=1S/C13H12BrN3/c1-8-5-12-16-9(6-15)7-17(12)13-10(8)3-2-4-11(13)14/h2-5,7H,6,15H2,1H3. The van der Waals surface area contributed by atoms with Crippen molar-refractivity contribution in [1.82, 2.24) is 9.38 Å². The summed E-state index contributed by atoms with van der Waals surface area (Å²) in [6, 6.07) is 8.31. The predicted octanol–water partition coefficient (Wildman–Crippen LogP) is 3.02. The van der Waals surface area contributed by atoms with Gasteiger partial charge in [-0.1, -0.05) is 12.1 Å². The summed E-state index contributed by atoms with van der Waals surface area (Å²) in [6.07, 6.45) is 2.00. The van der Waals surface area contributed by atoms with Gasteiger partial charge in [0.05, 0.1) is 11.2 Å². The number of imidazole rings is 1. The van der Waals surface area contributed by atoms with Crippen molar-refractivity contribution in [3.05, 3.63) is 46.2 Å². The van der Waals surface area contributed by atoms with Crippen LogP contribution in [0.2, 0.25) is 0 Å². The first-order valence-corrected chi connectivity index (χ1v) is 6.26. The van der Waals surface area contributed by atoms with Crippen LogP contribution >= 0.6 is 15.9 Å². The van der Waals surface area contributed by atoms with Crippen molar-refractivity contribution < 1.29 is 0 Å². The van der Waals surface area contributed by atoms with E-state index >= 15 is 0 Å². The quantitative estimate of drug-likeness (QED) is 0.748. The molecule has 2 aromatic heterocycles. The predicted molar refractivity (Wildman–Crippen MR) is 73.0 cm³/mol. The number of rotatable bonds is 1. The van der Waals surface area contributed by atoms with E-state index in [1.807, 2.05) is 18.3 Å². The van der Waals surface area contributed by atoms with Gasteiger partial charge in [-0.2, -0.15) is 0 Å². The largest absolute Gasteiger partial charge is 0.325 e. The summed E-state index contributed by atoms with van der Waals surface area (Å²) in [4.78, 5) is 4.50. The van der Waals surface area contributed by atoms with Crippen LogP contribution in [-0.2, 0) is 6.54 Å². The zero-order chi connectivity index (χ0) is 12.0. The van der Waals surface area contributed by atoms with Gasteiger partial charge in [0.25, 0.3) is 0 Å². The van der Waals surface area contributed by atoms with Gasteiger partial charge in [0.2, 0.25) is 0 Å². The summed E-state index contributed by atoms with van der Waals surface area (Å²) in [5, 5.41) is 1.23. The van der Waals surface area contributed by atoms with Crippen LogP contribution in [0.1, 0.15) is 11.3 Å². The van der Waals surface area contributed by atoms with Gasteiger partial charge in [-0.05, 0) is 40.5 Å². The second kappa shape index (κ2) is 3.82. The molecule has 0 fully saturated rings. The molecule has 0 atom stereocenters. The first-order chi connectivity index (χ1) is 8.20. The van der Waals surface area contributed by atoms with Gasteiger partial charge in [0, 0.05) is 22.6 Å². The number of para-hydroxylation sites is 1. The van der Waals surface area contributed by atoms with Gasteiger partial charge in [-0.3, -0.25) is 4.40 Å². The summed E-state index contributed by atoms with van der Waals surface area (Å²) in [7, 11) is 0. The lowest BCUT2D eigenvalue weighted by atomic mass is 10.1. The number of halogens is 1. The van der Waals surface area contributed by atoms with Crippen LogP contribution in [0.3, 0.4) is 0 Å². The normalized spacial score (nSPS) is 11.5. The Morgan fingerprint density at radius 2 is 2.24 bits per heavy atom. The Hall–Kier alpha value is -1.39. The van der Waals surface area contributed by atoms with Gasteiger partial charge >= 0.3 is 0 Å². The Balaban J connectivity index is 2.56. The SMILES string of the molecule is Cc1cc2nc(CN)cn2c2c(Br)cccc12. The third-order valence-corrected chi connectivity index (χ3v) is 3.63. The molecule has 3 aromatic rings. The minimum absolute atomic E-state index is 0.465. The lowest BCUT2D eigenvalue weighted by Gasteiger charge is -2.07. The topological polar surface area (TPSA) is 43.3 Å². The third kappa shape index (κ3) is 1.56. The molecular formula is C13H12BrN3. The Bertz CT molecular complexity index is 715. The van der Waals surface area contributed by atoms with Crippen molar-refractivity contribution >= 4 is 32.5 Å². The van der Waals surface area contributed by atoms with E-state index in [4.69, 9.17) is 5.73 Å². The van der Waals surface area contributed by atoms with E-state index in [2.05, 4.69) is 44.4 Å². The van der Waals surface area contributed by atoms with Gasteiger partial charge in [0.1, 0.15) is 5.65 Å². The van der Waals surface area contributed by atoms with Crippen molar-refractivity contribution in [3.8, 4) is 0 Å². The molecule has 0 saturated heterocycles. The smallest absolute Gasteiger partial charge is 0.137 e. The molecule has 2 N–H and O–H groups in total. The average Bonchev–Trinajstić information content (AvgIpc) is 2.72. The van der Waals surface area contributed by atoms with Crippen LogP contribution in [-0.4, -0.2) is 9.38 Å². The number of hydrogen-bond acceptors (Lipinski definition) is 2. The summed E-state index contributed by atoms with van der Waals surface area (Å²) in [6.45, 7) is 2.57. The Kier molecular flexibility index (Phi) is 2.42. The molecule has 0 aliphatic heterocycles. The van der Waals surface area contributed by atoms with Crippen LogP contribution in [0.15, 0.2) is 34.9 Å². The molecule has 2 heterocycles. The molecule has 4 heteroatoms. The second-order valence-electron chi connectivity index (χ2n) is 4.13.